The maximum absolute atomic E-state index is 12.3. The molecule has 122 valence electrons. The average molecular weight is 511 g/mol. The predicted octanol–water partition coefficient (Wildman–Crippen LogP) is 1.49. The number of carbonyl (C=O) groups excluding carboxylic acids is 2. The van der Waals surface area contributed by atoms with Gasteiger partial charge in [0.05, 0.1) is 12.7 Å². The summed E-state index contributed by atoms with van der Waals surface area (Å²) < 4.78 is 10.6. The van der Waals surface area contributed by atoms with Gasteiger partial charge in [-0.05, 0) is 32.0 Å². The van der Waals surface area contributed by atoms with E-state index in [1.807, 2.05) is 13.1 Å². The van der Waals surface area contributed by atoms with Gasteiger partial charge in [-0.2, -0.15) is 0 Å². The van der Waals surface area contributed by atoms with Crippen molar-refractivity contribution in [3.63, 3.8) is 0 Å². The van der Waals surface area contributed by atoms with E-state index in [4.69, 9.17) is 9.47 Å². The van der Waals surface area contributed by atoms with Crippen LogP contribution in [0.1, 0.15) is 29.6 Å². The van der Waals surface area contributed by atoms with Crippen molar-refractivity contribution >= 4 is 39.2 Å². The van der Waals surface area contributed by atoms with E-state index in [-0.39, 0.29) is 45.3 Å². The van der Waals surface area contributed by atoms with Crippen LogP contribution in [0.5, 0.6) is 0 Å². The summed E-state index contributed by atoms with van der Waals surface area (Å²) in [6.07, 6.45) is 2.26. The van der Waals surface area contributed by atoms with Crippen LogP contribution in [-0.4, -0.2) is 76.5 Å². The van der Waals surface area contributed by atoms with Gasteiger partial charge >= 0.3 is 11.9 Å². The molecule has 23 heavy (non-hydrogen) atoms. The van der Waals surface area contributed by atoms with Gasteiger partial charge in [0.2, 0.25) is 0 Å². The second-order valence-electron chi connectivity index (χ2n) is 6.06. The van der Waals surface area contributed by atoms with Crippen molar-refractivity contribution < 1.29 is 19.1 Å². The number of nitrogens with zero attached hydrogens (tertiary/aromatic N) is 1. The number of piperidine rings is 1. The van der Waals surface area contributed by atoms with Crippen LogP contribution in [0.3, 0.4) is 0 Å². The van der Waals surface area contributed by atoms with E-state index in [0.717, 1.165) is 12.8 Å². The molecule has 6 heteroatoms. The molecule has 0 aliphatic carbocycles. The fraction of sp³-hybridized carbons (Fsp3) is 0.529. The second-order valence-corrected chi connectivity index (χ2v) is 6.06. The smallest absolute Gasteiger partial charge is 0.338 e. The van der Waals surface area contributed by atoms with Crippen LogP contribution < -0.4 is 0 Å². The van der Waals surface area contributed by atoms with Gasteiger partial charge in [0.15, 0.2) is 0 Å². The summed E-state index contributed by atoms with van der Waals surface area (Å²) in [4.78, 5) is 26.7. The molecular formula is C17H21NO4Pb. The van der Waals surface area contributed by atoms with Crippen molar-refractivity contribution in [3.05, 3.63) is 35.9 Å². The molecule has 2 aliphatic heterocycles. The van der Waals surface area contributed by atoms with Gasteiger partial charge in [-0.1, -0.05) is 18.2 Å². The largest absolute Gasteiger partial charge is 0.469 e. The summed E-state index contributed by atoms with van der Waals surface area (Å²) in [5, 5.41) is 0. The maximum atomic E-state index is 12.3. The first-order valence-corrected chi connectivity index (χ1v) is 7.67. The Hall–Kier alpha value is -0.958. The molecule has 2 aliphatic rings. The molecular weight excluding hydrogens is 489 g/mol. The summed E-state index contributed by atoms with van der Waals surface area (Å²) in [5.74, 6) is -1.06. The molecule has 3 rings (SSSR count). The predicted molar refractivity (Wildman–Crippen MR) is 86.1 cm³/mol. The monoisotopic (exact) mass is 511 g/mol. The molecule has 0 spiro atoms. The Bertz CT molecular complexity index is 565. The molecule has 2 saturated heterocycles. The van der Waals surface area contributed by atoms with Gasteiger partial charge in [-0.15, -0.1) is 0 Å². The first-order chi connectivity index (χ1) is 10.6. The molecule has 2 heterocycles. The fourth-order valence-corrected chi connectivity index (χ4v) is 3.77. The molecule has 0 amide bonds. The van der Waals surface area contributed by atoms with Crippen molar-refractivity contribution in [2.24, 2.45) is 5.92 Å². The van der Waals surface area contributed by atoms with Crippen LogP contribution in [0.4, 0.5) is 0 Å². The normalized spacial score (nSPS) is 29.5. The van der Waals surface area contributed by atoms with Crippen LogP contribution in [0.15, 0.2) is 30.3 Å². The van der Waals surface area contributed by atoms with Gasteiger partial charge in [-0.25, -0.2) is 4.79 Å². The zero-order valence-corrected chi connectivity index (χ0v) is 17.3. The molecule has 0 N–H and O–H groups in total. The Morgan fingerprint density at radius 3 is 2.52 bits per heavy atom. The number of hydrogen-bond acceptors (Lipinski definition) is 5. The quantitative estimate of drug-likeness (QED) is 0.456. The van der Waals surface area contributed by atoms with Gasteiger partial charge < -0.3 is 9.47 Å². The van der Waals surface area contributed by atoms with E-state index < -0.39 is 12.0 Å². The summed E-state index contributed by atoms with van der Waals surface area (Å²) >= 11 is 0. The number of methoxy groups -OCH3 is 1. The van der Waals surface area contributed by atoms with Crippen molar-refractivity contribution in [2.75, 3.05) is 14.2 Å². The first-order valence-electron chi connectivity index (χ1n) is 7.67. The zero-order chi connectivity index (χ0) is 15.7. The molecule has 4 atom stereocenters. The van der Waals surface area contributed by atoms with Gasteiger partial charge in [0, 0.05) is 45.8 Å². The number of fused-ring (bicyclic) bond motifs is 2. The van der Waals surface area contributed by atoms with Crippen molar-refractivity contribution in [1.29, 1.82) is 0 Å². The molecule has 2 bridgehead atoms. The average Bonchev–Trinajstić information content (AvgIpc) is 2.78. The van der Waals surface area contributed by atoms with E-state index in [1.165, 1.54) is 7.11 Å². The minimum absolute atomic E-state index is 0. The maximum Gasteiger partial charge on any atom is 0.338 e. The van der Waals surface area contributed by atoms with Gasteiger partial charge in [0.1, 0.15) is 12.0 Å². The van der Waals surface area contributed by atoms with Crippen LogP contribution in [0, 0.1) is 5.92 Å². The summed E-state index contributed by atoms with van der Waals surface area (Å²) in [6.45, 7) is 0. The minimum atomic E-state index is -0.408. The Labute approximate surface area is 156 Å². The summed E-state index contributed by atoms with van der Waals surface area (Å²) in [5.41, 5.74) is 0.511. The molecule has 1 aromatic carbocycles. The number of carbonyl (C=O) groups is 2. The molecule has 2 fully saturated rings. The standard InChI is InChI=1S/C17H21NO4.Pb/c1-18-12-8-9-13(18)15(17(20)21-2)14(10-12)22-16(19)11-6-4-3-5-7-11;/h3-7,12-15H,8-10H2,1-2H3;. The number of esters is 2. The van der Waals surface area contributed by atoms with E-state index in [2.05, 4.69) is 4.90 Å². The number of rotatable bonds is 3. The van der Waals surface area contributed by atoms with E-state index in [9.17, 15) is 9.59 Å². The molecule has 0 saturated carbocycles. The molecule has 1 aromatic rings. The molecule has 0 aromatic heterocycles. The molecule has 5 nitrogen and oxygen atoms in total. The van der Waals surface area contributed by atoms with Crippen molar-refractivity contribution in [1.82, 2.24) is 4.90 Å². The van der Waals surface area contributed by atoms with Gasteiger partial charge in [-0.3, -0.25) is 9.69 Å². The van der Waals surface area contributed by atoms with Crippen LogP contribution in [0.25, 0.3) is 0 Å². The Balaban J connectivity index is 0.00000192. The Kier molecular flexibility index (Phi) is 6.19. The molecule has 4 radical (unpaired) electrons. The van der Waals surface area contributed by atoms with Crippen molar-refractivity contribution in [3.8, 4) is 0 Å². The first kappa shape index (κ1) is 18.4. The van der Waals surface area contributed by atoms with E-state index >= 15 is 0 Å². The van der Waals surface area contributed by atoms with Gasteiger partial charge in [0.25, 0.3) is 0 Å². The molecule has 4 unspecified atom stereocenters. The topological polar surface area (TPSA) is 55.8 Å². The number of benzene rings is 1. The fourth-order valence-electron chi connectivity index (χ4n) is 3.77. The van der Waals surface area contributed by atoms with Crippen LogP contribution in [0.2, 0.25) is 0 Å². The number of hydrogen-bond donors (Lipinski definition) is 0. The SMILES string of the molecule is COC(=O)C1C(OC(=O)c2ccccc2)CC2CCC1N2C.[Pb]. The zero-order valence-electron chi connectivity index (χ0n) is 13.4. The van der Waals surface area contributed by atoms with Crippen LogP contribution >= 0.6 is 0 Å². The number of ether oxygens (including phenoxy) is 2. The van der Waals surface area contributed by atoms with E-state index in [1.54, 1.807) is 24.3 Å². The third-order valence-corrected chi connectivity index (χ3v) is 4.96. The Morgan fingerprint density at radius 2 is 1.87 bits per heavy atom. The summed E-state index contributed by atoms with van der Waals surface area (Å²) in [6, 6.07) is 9.36. The summed E-state index contributed by atoms with van der Waals surface area (Å²) in [7, 11) is 3.42. The minimum Gasteiger partial charge on any atom is -0.469 e. The second kappa shape index (κ2) is 7.74. The van der Waals surface area contributed by atoms with Crippen LogP contribution in [-0.2, 0) is 14.3 Å². The Morgan fingerprint density at radius 1 is 1.17 bits per heavy atom. The third-order valence-electron chi connectivity index (χ3n) is 4.96. The van der Waals surface area contributed by atoms with E-state index in [0.29, 0.717) is 18.0 Å². The third kappa shape index (κ3) is 3.60. The van der Waals surface area contributed by atoms with Crippen molar-refractivity contribution in [2.45, 2.75) is 37.5 Å².